The van der Waals surface area contributed by atoms with Crippen LogP contribution in [0, 0.1) is 10.1 Å². The van der Waals surface area contributed by atoms with E-state index < -0.39 is 4.92 Å². The lowest BCUT2D eigenvalue weighted by Gasteiger charge is -2.10. The average Bonchev–Trinajstić information content (AvgIpc) is 2.74. The van der Waals surface area contributed by atoms with Crippen LogP contribution in [0.5, 0.6) is 5.75 Å². The van der Waals surface area contributed by atoms with E-state index in [1.807, 2.05) is 48.5 Å². The first-order chi connectivity index (χ1) is 14.5. The Bertz CT molecular complexity index is 997. The smallest absolute Gasteiger partial charge is 0.271 e. The SMILES string of the molecule is O=[N+]([O-])c1ccc(NCCNCc2ccc(OCc3ccccc3Cl)cc2)c(Cl)c1. The van der Waals surface area contributed by atoms with Gasteiger partial charge in [-0.15, -0.1) is 0 Å². The number of rotatable bonds is 10. The van der Waals surface area contributed by atoms with E-state index in [2.05, 4.69) is 10.6 Å². The molecule has 0 bridgehead atoms. The molecule has 0 saturated carbocycles. The summed E-state index contributed by atoms with van der Waals surface area (Å²) in [6.45, 7) is 2.48. The van der Waals surface area contributed by atoms with E-state index in [9.17, 15) is 10.1 Å². The molecule has 3 aromatic rings. The highest BCUT2D eigenvalue weighted by molar-refractivity contribution is 6.33. The summed E-state index contributed by atoms with van der Waals surface area (Å²) in [4.78, 5) is 10.3. The number of nitro benzene ring substituents is 1. The highest BCUT2D eigenvalue weighted by Crippen LogP contribution is 2.26. The molecular weight excluding hydrogens is 425 g/mol. The first-order valence-electron chi connectivity index (χ1n) is 9.36. The molecule has 0 aliphatic heterocycles. The van der Waals surface area contributed by atoms with Gasteiger partial charge in [-0.05, 0) is 29.8 Å². The van der Waals surface area contributed by atoms with Crippen molar-refractivity contribution in [2.24, 2.45) is 0 Å². The molecule has 0 aliphatic rings. The molecule has 156 valence electrons. The molecule has 0 heterocycles. The maximum absolute atomic E-state index is 10.7. The predicted molar refractivity (Wildman–Crippen MR) is 121 cm³/mol. The van der Waals surface area contributed by atoms with Gasteiger partial charge in [-0.3, -0.25) is 10.1 Å². The van der Waals surface area contributed by atoms with Gasteiger partial charge in [0, 0.05) is 42.4 Å². The molecule has 0 aliphatic carbocycles. The Labute approximate surface area is 184 Å². The highest BCUT2D eigenvalue weighted by Gasteiger charge is 2.08. The Morgan fingerprint density at radius 1 is 0.933 bits per heavy atom. The number of nitrogens with one attached hydrogen (secondary N) is 2. The van der Waals surface area contributed by atoms with Crippen LogP contribution in [0.3, 0.4) is 0 Å². The minimum Gasteiger partial charge on any atom is -0.489 e. The number of hydrogen-bond acceptors (Lipinski definition) is 5. The van der Waals surface area contributed by atoms with Crippen molar-refractivity contribution in [3.8, 4) is 5.75 Å². The quantitative estimate of drug-likeness (QED) is 0.238. The van der Waals surface area contributed by atoms with Gasteiger partial charge in [0.1, 0.15) is 12.4 Å². The summed E-state index contributed by atoms with van der Waals surface area (Å²) < 4.78 is 5.78. The molecule has 3 rings (SSSR count). The van der Waals surface area contributed by atoms with Gasteiger partial charge < -0.3 is 15.4 Å². The van der Waals surface area contributed by atoms with Crippen molar-refractivity contribution in [2.45, 2.75) is 13.2 Å². The number of ether oxygens (including phenoxy) is 1. The summed E-state index contributed by atoms with van der Waals surface area (Å²) in [6.07, 6.45) is 0. The molecule has 0 radical (unpaired) electrons. The fourth-order valence-electron chi connectivity index (χ4n) is 2.76. The van der Waals surface area contributed by atoms with E-state index in [4.69, 9.17) is 27.9 Å². The second-order valence-electron chi connectivity index (χ2n) is 6.55. The number of anilines is 1. The lowest BCUT2D eigenvalue weighted by Crippen LogP contribution is -2.21. The van der Waals surface area contributed by atoms with Gasteiger partial charge in [-0.1, -0.05) is 53.5 Å². The van der Waals surface area contributed by atoms with Crippen molar-refractivity contribution >= 4 is 34.6 Å². The van der Waals surface area contributed by atoms with E-state index in [0.29, 0.717) is 42.0 Å². The van der Waals surface area contributed by atoms with Gasteiger partial charge in [0.15, 0.2) is 0 Å². The molecule has 0 spiro atoms. The first-order valence-corrected chi connectivity index (χ1v) is 10.1. The molecule has 30 heavy (non-hydrogen) atoms. The zero-order valence-corrected chi connectivity index (χ0v) is 17.6. The minimum absolute atomic E-state index is 0.0250. The van der Waals surface area contributed by atoms with Crippen LogP contribution in [-0.4, -0.2) is 18.0 Å². The van der Waals surface area contributed by atoms with Crippen LogP contribution in [0.1, 0.15) is 11.1 Å². The van der Waals surface area contributed by atoms with Crippen LogP contribution in [0.4, 0.5) is 11.4 Å². The van der Waals surface area contributed by atoms with Gasteiger partial charge in [-0.2, -0.15) is 0 Å². The molecule has 0 fully saturated rings. The molecule has 0 atom stereocenters. The summed E-state index contributed by atoms with van der Waals surface area (Å²) in [6, 6.07) is 19.9. The van der Waals surface area contributed by atoms with Crippen molar-refractivity contribution in [1.29, 1.82) is 0 Å². The standard InChI is InChI=1S/C22H21Cl2N3O3/c23-20-4-2-1-3-17(20)15-30-19-8-5-16(6-9-19)14-25-11-12-26-22-10-7-18(27(28)29)13-21(22)24/h1-10,13,25-26H,11-12,14-15H2. The summed E-state index contributed by atoms with van der Waals surface area (Å²) in [7, 11) is 0. The number of nitro groups is 1. The second kappa shape index (κ2) is 10.8. The third kappa shape index (κ3) is 6.35. The van der Waals surface area contributed by atoms with Crippen LogP contribution in [-0.2, 0) is 13.2 Å². The largest absolute Gasteiger partial charge is 0.489 e. The van der Waals surface area contributed by atoms with Gasteiger partial charge in [0.25, 0.3) is 5.69 Å². The molecule has 6 nitrogen and oxygen atoms in total. The Balaban J connectivity index is 1.38. The van der Waals surface area contributed by atoms with Gasteiger partial charge >= 0.3 is 0 Å². The normalized spacial score (nSPS) is 10.6. The van der Waals surface area contributed by atoms with E-state index in [0.717, 1.165) is 16.9 Å². The van der Waals surface area contributed by atoms with E-state index >= 15 is 0 Å². The Hall–Kier alpha value is -2.80. The van der Waals surface area contributed by atoms with Crippen LogP contribution >= 0.6 is 23.2 Å². The number of non-ortho nitro benzene ring substituents is 1. The summed E-state index contributed by atoms with van der Waals surface area (Å²) in [5.74, 6) is 0.785. The fourth-order valence-corrected chi connectivity index (χ4v) is 3.19. The Morgan fingerprint density at radius 3 is 2.40 bits per heavy atom. The van der Waals surface area contributed by atoms with E-state index in [-0.39, 0.29) is 5.69 Å². The van der Waals surface area contributed by atoms with Crippen molar-refractivity contribution in [2.75, 3.05) is 18.4 Å². The molecule has 3 aromatic carbocycles. The van der Waals surface area contributed by atoms with E-state index in [1.165, 1.54) is 12.1 Å². The minimum atomic E-state index is -0.468. The summed E-state index contributed by atoms with van der Waals surface area (Å²) >= 11 is 12.2. The third-order valence-corrected chi connectivity index (χ3v) is 5.07. The molecule has 0 unspecified atom stereocenters. The summed E-state index contributed by atoms with van der Waals surface area (Å²) in [5.41, 5.74) is 2.73. The number of nitrogens with zero attached hydrogens (tertiary/aromatic N) is 1. The molecular formula is C22H21Cl2N3O3. The zero-order valence-electron chi connectivity index (χ0n) is 16.1. The fraction of sp³-hybridized carbons (Fsp3) is 0.182. The third-order valence-electron chi connectivity index (χ3n) is 4.39. The van der Waals surface area contributed by atoms with Crippen molar-refractivity contribution in [3.05, 3.63) is 98.0 Å². The topological polar surface area (TPSA) is 76.4 Å². The van der Waals surface area contributed by atoms with Gasteiger partial charge in [0.2, 0.25) is 0 Å². The van der Waals surface area contributed by atoms with Crippen molar-refractivity contribution in [1.82, 2.24) is 5.32 Å². The predicted octanol–water partition coefficient (Wildman–Crippen LogP) is 5.68. The Kier molecular flexibility index (Phi) is 7.90. The number of hydrogen-bond donors (Lipinski definition) is 2. The van der Waals surface area contributed by atoms with Crippen molar-refractivity contribution < 1.29 is 9.66 Å². The second-order valence-corrected chi connectivity index (χ2v) is 7.36. The maximum atomic E-state index is 10.7. The highest BCUT2D eigenvalue weighted by atomic mass is 35.5. The molecule has 0 amide bonds. The van der Waals surface area contributed by atoms with Crippen LogP contribution in [0.2, 0.25) is 10.0 Å². The van der Waals surface area contributed by atoms with Crippen LogP contribution in [0.15, 0.2) is 66.7 Å². The maximum Gasteiger partial charge on any atom is 0.271 e. The first kappa shape index (κ1) is 21.9. The van der Waals surface area contributed by atoms with Gasteiger partial charge in [-0.25, -0.2) is 0 Å². The zero-order chi connectivity index (χ0) is 21.3. The average molecular weight is 446 g/mol. The molecule has 2 N–H and O–H groups in total. The number of halogens is 2. The lowest BCUT2D eigenvalue weighted by molar-refractivity contribution is -0.384. The van der Waals surface area contributed by atoms with Crippen molar-refractivity contribution in [3.63, 3.8) is 0 Å². The van der Waals surface area contributed by atoms with Crippen LogP contribution < -0.4 is 15.4 Å². The summed E-state index contributed by atoms with van der Waals surface area (Å²) in [5, 5.41) is 18.3. The Morgan fingerprint density at radius 2 is 1.70 bits per heavy atom. The monoisotopic (exact) mass is 445 g/mol. The van der Waals surface area contributed by atoms with Gasteiger partial charge in [0.05, 0.1) is 15.6 Å². The molecule has 0 aromatic heterocycles. The molecule has 0 saturated heterocycles. The number of benzene rings is 3. The lowest BCUT2D eigenvalue weighted by atomic mass is 10.2. The molecule has 8 heteroatoms. The van der Waals surface area contributed by atoms with Crippen LogP contribution in [0.25, 0.3) is 0 Å². The van der Waals surface area contributed by atoms with E-state index in [1.54, 1.807) is 6.07 Å².